The molecule has 2 aliphatic rings. The van der Waals surface area contributed by atoms with Gasteiger partial charge in [0.25, 0.3) is 0 Å². The van der Waals surface area contributed by atoms with Crippen molar-refractivity contribution in [1.29, 1.82) is 0 Å². The van der Waals surface area contributed by atoms with Crippen LogP contribution < -0.4 is 0 Å². The summed E-state index contributed by atoms with van der Waals surface area (Å²) < 4.78 is 0. The predicted molar refractivity (Wildman–Crippen MR) is 101 cm³/mol. The molecule has 0 unspecified atom stereocenters. The molecule has 2 rings (SSSR count). The molecule has 23 heavy (non-hydrogen) atoms. The molecule has 2 saturated carbocycles. The monoisotopic (exact) mass is 322 g/mol. The van der Waals surface area contributed by atoms with E-state index >= 15 is 0 Å². The van der Waals surface area contributed by atoms with Gasteiger partial charge < -0.3 is 5.11 Å². The minimum Gasteiger partial charge on any atom is -0.396 e. The van der Waals surface area contributed by atoms with Crippen molar-refractivity contribution in [2.24, 2.45) is 23.7 Å². The van der Waals surface area contributed by atoms with E-state index in [1.54, 1.807) is 0 Å². The van der Waals surface area contributed by atoms with Crippen LogP contribution in [0.25, 0.3) is 0 Å². The van der Waals surface area contributed by atoms with E-state index in [9.17, 15) is 5.11 Å². The molecule has 0 radical (unpaired) electrons. The highest BCUT2D eigenvalue weighted by Crippen LogP contribution is 2.42. The Hall–Kier alpha value is -0.0400. The number of aliphatic hydroxyl groups excluding tert-OH is 1. The van der Waals surface area contributed by atoms with E-state index in [0.717, 1.165) is 17.8 Å². The third kappa shape index (κ3) is 7.16. The molecule has 0 aromatic carbocycles. The van der Waals surface area contributed by atoms with E-state index in [1.165, 1.54) is 103 Å². The summed E-state index contributed by atoms with van der Waals surface area (Å²) in [6.07, 6.45) is 23.1. The van der Waals surface area contributed by atoms with Crippen molar-refractivity contribution in [3.05, 3.63) is 0 Å². The van der Waals surface area contributed by atoms with Crippen LogP contribution in [-0.2, 0) is 0 Å². The van der Waals surface area contributed by atoms with Crippen LogP contribution in [0.1, 0.15) is 110 Å². The normalized spacial score (nSPS) is 32.1. The van der Waals surface area contributed by atoms with Crippen LogP contribution in [0.5, 0.6) is 0 Å². The molecular weight excluding hydrogens is 280 g/mol. The minimum absolute atomic E-state index is 0.428. The maximum atomic E-state index is 9.29. The average Bonchev–Trinajstić information content (AvgIpc) is 2.61. The van der Waals surface area contributed by atoms with E-state index in [0.29, 0.717) is 12.5 Å². The standard InChI is InChI=1S/C22H42O/c1-2-3-4-5-6-7-8-9-19-10-14-21(15-11-19)22-16-12-20(18-23)13-17-22/h19-23H,2-18H2,1H3. The first-order valence-corrected chi connectivity index (χ1v) is 10.9. The third-order valence-corrected chi connectivity index (χ3v) is 6.92. The summed E-state index contributed by atoms with van der Waals surface area (Å²) in [4.78, 5) is 0. The zero-order valence-corrected chi connectivity index (χ0v) is 15.8. The molecule has 0 aromatic rings. The first-order valence-electron chi connectivity index (χ1n) is 10.9. The second-order valence-corrected chi connectivity index (χ2v) is 8.65. The van der Waals surface area contributed by atoms with Crippen LogP contribution >= 0.6 is 0 Å². The molecule has 0 spiro atoms. The Labute approximate surface area is 145 Å². The van der Waals surface area contributed by atoms with Gasteiger partial charge in [-0.2, -0.15) is 0 Å². The molecule has 0 amide bonds. The smallest absolute Gasteiger partial charge is 0.0459 e. The van der Waals surface area contributed by atoms with Crippen molar-refractivity contribution in [2.75, 3.05) is 6.61 Å². The zero-order valence-electron chi connectivity index (χ0n) is 15.8. The van der Waals surface area contributed by atoms with Crippen molar-refractivity contribution < 1.29 is 5.11 Å². The maximum Gasteiger partial charge on any atom is 0.0459 e. The van der Waals surface area contributed by atoms with Crippen molar-refractivity contribution in [3.63, 3.8) is 0 Å². The van der Waals surface area contributed by atoms with Crippen LogP contribution in [0.3, 0.4) is 0 Å². The fraction of sp³-hybridized carbons (Fsp3) is 1.00. The third-order valence-electron chi connectivity index (χ3n) is 6.92. The predicted octanol–water partition coefficient (Wildman–Crippen LogP) is 6.73. The van der Waals surface area contributed by atoms with Gasteiger partial charge in [-0.05, 0) is 62.2 Å². The lowest BCUT2D eigenvalue weighted by atomic mass is 9.69. The number of rotatable bonds is 10. The fourth-order valence-corrected chi connectivity index (χ4v) is 5.18. The van der Waals surface area contributed by atoms with Crippen LogP contribution in [0.4, 0.5) is 0 Å². The molecule has 0 aromatic heterocycles. The molecular formula is C22H42O. The van der Waals surface area contributed by atoms with Gasteiger partial charge in [-0.15, -0.1) is 0 Å². The number of hydrogen-bond donors (Lipinski definition) is 1. The SMILES string of the molecule is CCCCCCCCCC1CCC(C2CCC(CO)CC2)CC1. The van der Waals surface area contributed by atoms with Gasteiger partial charge in [0.15, 0.2) is 0 Å². The quantitative estimate of drug-likeness (QED) is 0.442. The molecule has 1 nitrogen and oxygen atoms in total. The van der Waals surface area contributed by atoms with E-state index < -0.39 is 0 Å². The van der Waals surface area contributed by atoms with E-state index in [2.05, 4.69) is 6.92 Å². The summed E-state index contributed by atoms with van der Waals surface area (Å²) in [5.74, 6) is 3.70. The van der Waals surface area contributed by atoms with Crippen LogP contribution in [0.15, 0.2) is 0 Å². The van der Waals surface area contributed by atoms with Crippen molar-refractivity contribution >= 4 is 0 Å². The molecule has 136 valence electrons. The van der Waals surface area contributed by atoms with Crippen LogP contribution in [-0.4, -0.2) is 11.7 Å². The molecule has 0 heterocycles. The second-order valence-electron chi connectivity index (χ2n) is 8.65. The molecule has 1 heteroatoms. The summed E-state index contributed by atoms with van der Waals surface area (Å²) >= 11 is 0. The van der Waals surface area contributed by atoms with Gasteiger partial charge in [0.05, 0.1) is 0 Å². The topological polar surface area (TPSA) is 20.2 Å². The Morgan fingerprint density at radius 3 is 1.61 bits per heavy atom. The highest BCUT2D eigenvalue weighted by Gasteiger charge is 2.30. The molecule has 0 aliphatic heterocycles. The van der Waals surface area contributed by atoms with Gasteiger partial charge in [-0.3, -0.25) is 0 Å². The van der Waals surface area contributed by atoms with Crippen LogP contribution in [0, 0.1) is 23.7 Å². The molecule has 0 bridgehead atoms. The number of unbranched alkanes of at least 4 members (excludes halogenated alkanes) is 6. The lowest BCUT2D eigenvalue weighted by Crippen LogP contribution is -2.26. The highest BCUT2D eigenvalue weighted by atomic mass is 16.3. The van der Waals surface area contributed by atoms with Gasteiger partial charge in [0, 0.05) is 6.61 Å². The fourth-order valence-electron chi connectivity index (χ4n) is 5.18. The molecule has 0 atom stereocenters. The Morgan fingerprint density at radius 1 is 0.609 bits per heavy atom. The molecule has 0 saturated heterocycles. The van der Waals surface area contributed by atoms with E-state index in [1.807, 2.05) is 0 Å². The average molecular weight is 323 g/mol. The minimum atomic E-state index is 0.428. The Bertz CT molecular complexity index is 272. The Kier molecular flexibility index (Phi) is 9.65. The van der Waals surface area contributed by atoms with Gasteiger partial charge in [0.1, 0.15) is 0 Å². The first kappa shape index (κ1) is 19.3. The molecule has 2 aliphatic carbocycles. The Balaban J connectivity index is 1.49. The lowest BCUT2D eigenvalue weighted by Gasteiger charge is -2.37. The van der Waals surface area contributed by atoms with E-state index in [-0.39, 0.29) is 0 Å². The lowest BCUT2D eigenvalue weighted by molar-refractivity contribution is 0.115. The van der Waals surface area contributed by atoms with Crippen molar-refractivity contribution in [3.8, 4) is 0 Å². The molecule has 2 fully saturated rings. The van der Waals surface area contributed by atoms with Crippen molar-refractivity contribution in [1.82, 2.24) is 0 Å². The maximum absolute atomic E-state index is 9.29. The highest BCUT2D eigenvalue weighted by molar-refractivity contribution is 4.81. The second kappa shape index (κ2) is 11.5. The van der Waals surface area contributed by atoms with Crippen molar-refractivity contribution in [2.45, 2.75) is 110 Å². The largest absolute Gasteiger partial charge is 0.396 e. The van der Waals surface area contributed by atoms with Crippen LogP contribution in [0.2, 0.25) is 0 Å². The summed E-state index contributed by atoms with van der Waals surface area (Å²) in [5.41, 5.74) is 0. The first-order chi connectivity index (χ1) is 11.3. The summed E-state index contributed by atoms with van der Waals surface area (Å²) in [7, 11) is 0. The number of hydrogen-bond acceptors (Lipinski definition) is 1. The Morgan fingerprint density at radius 2 is 1.09 bits per heavy atom. The van der Waals surface area contributed by atoms with Gasteiger partial charge >= 0.3 is 0 Å². The zero-order chi connectivity index (χ0) is 16.3. The van der Waals surface area contributed by atoms with E-state index in [4.69, 9.17) is 0 Å². The van der Waals surface area contributed by atoms with Gasteiger partial charge in [0.2, 0.25) is 0 Å². The molecule has 1 N–H and O–H groups in total. The van der Waals surface area contributed by atoms with Gasteiger partial charge in [-0.1, -0.05) is 71.1 Å². The summed E-state index contributed by atoms with van der Waals surface area (Å²) in [6, 6.07) is 0. The summed E-state index contributed by atoms with van der Waals surface area (Å²) in [6.45, 7) is 2.73. The summed E-state index contributed by atoms with van der Waals surface area (Å²) in [5, 5.41) is 9.29. The number of aliphatic hydroxyl groups is 1. The van der Waals surface area contributed by atoms with Gasteiger partial charge in [-0.25, -0.2) is 0 Å².